The SMILES string of the molecule is CCc1ccc(N2CCN(C)CC2)c(OC2CCC2)c1. The fraction of sp³-hybridized carbons (Fsp3) is 0.647. The molecule has 2 aliphatic rings. The fourth-order valence-corrected chi connectivity index (χ4v) is 2.85. The normalized spacial score (nSPS) is 20.8. The zero-order valence-electron chi connectivity index (χ0n) is 12.8. The molecule has 1 saturated carbocycles. The summed E-state index contributed by atoms with van der Waals surface area (Å²) < 4.78 is 6.25. The molecule has 3 rings (SSSR count). The Morgan fingerprint density at radius 1 is 1.15 bits per heavy atom. The molecule has 1 aromatic carbocycles. The Balaban J connectivity index is 1.80. The second-order valence-corrected chi connectivity index (χ2v) is 6.12. The number of aryl methyl sites for hydroxylation is 1. The number of ether oxygens (including phenoxy) is 1. The average molecular weight is 274 g/mol. The van der Waals surface area contributed by atoms with Gasteiger partial charge in [-0.3, -0.25) is 0 Å². The van der Waals surface area contributed by atoms with E-state index in [0.717, 1.165) is 38.3 Å². The third kappa shape index (κ3) is 2.93. The van der Waals surface area contributed by atoms with Crippen LogP contribution in [0, 0.1) is 0 Å². The van der Waals surface area contributed by atoms with E-state index in [1.54, 1.807) is 0 Å². The monoisotopic (exact) mass is 274 g/mol. The molecule has 1 aromatic rings. The maximum Gasteiger partial charge on any atom is 0.143 e. The van der Waals surface area contributed by atoms with Crippen molar-refractivity contribution in [3.05, 3.63) is 23.8 Å². The average Bonchev–Trinajstić information content (AvgIpc) is 2.44. The minimum atomic E-state index is 0.452. The lowest BCUT2D eigenvalue weighted by atomic mass is 9.96. The van der Waals surface area contributed by atoms with Crippen LogP contribution >= 0.6 is 0 Å². The predicted octanol–water partition coefficient (Wildman–Crippen LogP) is 2.93. The van der Waals surface area contributed by atoms with Crippen molar-refractivity contribution < 1.29 is 4.74 Å². The van der Waals surface area contributed by atoms with Gasteiger partial charge in [0.1, 0.15) is 5.75 Å². The van der Waals surface area contributed by atoms with E-state index in [2.05, 4.69) is 42.0 Å². The van der Waals surface area contributed by atoms with Crippen LogP contribution in [0.1, 0.15) is 31.7 Å². The van der Waals surface area contributed by atoms with Gasteiger partial charge in [-0.2, -0.15) is 0 Å². The molecular weight excluding hydrogens is 248 g/mol. The van der Waals surface area contributed by atoms with Crippen molar-refractivity contribution in [2.24, 2.45) is 0 Å². The molecule has 0 spiro atoms. The van der Waals surface area contributed by atoms with Crippen LogP contribution in [0.4, 0.5) is 5.69 Å². The summed E-state index contributed by atoms with van der Waals surface area (Å²) in [6, 6.07) is 6.77. The van der Waals surface area contributed by atoms with Crippen LogP contribution in [0.3, 0.4) is 0 Å². The number of likely N-dealkylation sites (N-methyl/N-ethyl adjacent to an activating group) is 1. The van der Waals surface area contributed by atoms with Crippen molar-refractivity contribution in [2.75, 3.05) is 38.1 Å². The molecule has 0 N–H and O–H groups in total. The van der Waals surface area contributed by atoms with Crippen LogP contribution in [0.5, 0.6) is 5.75 Å². The van der Waals surface area contributed by atoms with Gasteiger partial charge in [-0.25, -0.2) is 0 Å². The number of nitrogens with zero attached hydrogens (tertiary/aromatic N) is 2. The second-order valence-electron chi connectivity index (χ2n) is 6.12. The van der Waals surface area contributed by atoms with E-state index in [1.807, 2.05) is 0 Å². The predicted molar refractivity (Wildman–Crippen MR) is 83.8 cm³/mol. The van der Waals surface area contributed by atoms with Crippen molar-refractivity contribution in [1.29, 1.82) is 0 Å². The molecule has 0 radical (unpaired) electrons. The largest absolute Gasteiger partial charge is 0.488 e. The van der Waals surface area contributed by atoms with E-state index in [1.165, 1.54) is 30.5 Å². The number of hydrogen-bond acceptors (Lipinski definition) is 3. The molecule has 1 heterocycles. The molecule has 1 aliphatic heterocycles. The van der Waals surface area contributed by atoms with E-state index in [-0.39, 0.29) is 0 Å². The van der Waals surface area contributed by atoms with Gasteiger partial charge in [0.2, 0.25) is 0 Å². The van der Waals surface area contributed by atoms with E-state index in [0.29, 0.717) is 6.10 Å². The van der Waals surface area contributed by atoms with Gasteiger partial charge >= 0.3 is 0 Å². The first-order chi connectivity index (χ1) is 9.76. The Morgan fingerprint density at radius 3 is 2.50 bits per heavy atom. The lowest BCUT2D eigenvalue weighted by Crippen LogP contribution is -2.44. The summed E-state index contributed by atoms with van der Waals surface area (Å²) in [5, 5.41) is 0. The summed E-state index contributed by atoms with van der Waals surface area (Å²) in [6.07, 6.45) is 5.29. The molecule has 20 heavy (non-hydrogen) atoms. The summed E-state index contributed by atoms with van der Waals surface area (Å²) >= 11 is 0. The molecule has 0 amide bonds. The molecular formula is C17H26N2O. The van der Waals surface area contributed by atoms with E-state index in [9.17, 15) is 0 Å². The molecule has 110 valence electrons. The molecule has 0 unspecified atom stereocenters. The summed E-state index contributed by atoms with van der Waals surface area (Å²) in [5.74, 6) is 1.11. The van der Waals surface area contributed by atoms with E-state index < -0.39 is 0 Å². The minimum Gasteiger partial charge on any atom is -0.488 e. The molecule has 0 atom stereocenters. The van der Waals surface area contributed by atoms with Gasteiger partial charge in [-0.05, 0) is 50.4 Å². The Labute approximate surface area is 122 Å². The highest BCUT2D eigenvalue weighted by atomic mass is 16.5. The van der Waals surface area contributed by atoms with Crippen LogP contribution in [-0.4, -0.2) is 44.2 Å². The van der Waals surface area contributed by atoms with Crippen molar-refractivity contribution in [3.8, 4) is 5.75 Å². The van der Waals surface area contributed by atoms with Gasteiger partial charge in [0.25, 0.3) is 0 Å². The standard InChI is InChI=1S/C17H26N2O/c1-3-14-7-8-16(19-11-9-18(2)10-12-19)17(13-14)20-15-5-4-6-15/h7-8,13,15H,3-6,9-12H2,1-2H3. The minimum absolute atomic E-state index is 0.452. The topological polar surface area (TPSA) is 15.7 Å². The van der Waals surface area contributed by atoms with Gasteiger partial charge < -0.3 is 14.5 Å². The smallest absolute Gasteiger partial charge is 0.143 e. The van der Waals surface area contributed by atoms with Crippen molar-refractivity contribution >= 4 is 5.69 Å². The van der Waals surface area contributed by atoms with Crippen LogP contribution < -0.4 is 9.64 Å². The number of rotatable bonds is 4. The molecule has 0 bridgehead atoms. The summed E-state index contributed by atoms with van der Waals surface area (Å²) in [4.78, 5) is 4.87. The van der Waals surface area contributed by atoms with E-state index in [4.69, 9.17) is 4.74 Å². The summed E-state index contributed by atoms with van der Waals surface area (Å²) in [6.45, 7) is 6.68. The fourth-order valence-electron chi connectivity index (χ4n) is 2.85. The maximum atomic E-state index is 6.25. The number of piperazine rings is 1. The Bertz CT molecular complexity index is 448. The summed E-state index contributed by atoms with van der Waals surface area (Å²) in [5.41, 5.74) is 2.67. The van der Waals surface area contributed by atoms with E-state index >= 15 is 0 Å². The molecule has 3 nitrogen and oxygen atoms in total. The van der Waals surface area contributed by atoms with Crippen molar-refractivity contribution in [1.82, 2.24) is 4.90 Å². The van der Waals surface area contributed by atoms with Crippen LogP contribution in [-0.2, 0) is 6.42 Å². The second kappa shape index (κ2) is 6.04. The summed E-state index contributed by atoms with van der Waals surface area (Å²) in [7, 11) is 2.20. The quantitative estimate of drug-likeness (QED) is 0.839. The van der Waals surface area contributed by atoms with Crippen LogP contribution in [0.25, 0.3) is 0 Å². The first kappa shape index (κ1) is 13.7. The van der Waals surface area contributed by atoms with Gasteiger partial charge in [0, 0.05) is 26.2 Å². The molecule has 3 heteroatoms. The first-order valence-corrected chi connectivity index (χ1v) is 7.99. The maximum absolute atomic E-state index is 6.25. The van der Waals surface area contributed by atoms with Gasteiger partial charge in [0.05, 0.1) is 11.8 Å². The number of benzene rings is 1. The zero-order valence-corrected chi connectivity index (χ0v) is 12.8. The molecule has 0 aromatic heterocycles. The van der Waals surface area contributed by atoms with Crippen LogP contribution in [0.2, 0.25) is 0 Å². The van der Waals surface area contributed by atoms with Crippen molar-refractivity contribution in [2.45, 2.75) is 38.7 Å². The highest BCUT2D eigenvalue weighted by Crippen LogP contribution is 2.34. The lowest BCUT2D eigenvalue weighted by molar-refractivity contribution is 0.120. The Hall–Kier alpha value is -1.22. The van der Waals surface area contributed by atoms with Gasteiger partial charge in [0.15, 0.2) is 0 Å². The highest BCUT2D eigenvalue weighted by Gasteiger charge is 2.23. The lowest BCUT2D eigenvalue weighted by Gasteiger charge is -2.36. The van der Waals surface area contributed by atoms with Crippen LogP contribution in [0.15, 0.2) is 18.2 Å². The Morgan fingerprint density at radius 2 is 1.90 bits per heavy atom. The first-order valence-electron chi connectivity index (χ1n) is 7.99. The third-order valence-corrected chi connectivity index (χ3v) is 4.62. The molecule has 2 fully saturated rings. The van der Waals surface area contributed by atoms with Gasteiger partial charge in [-0.15, -0.1) is 0 Å². The zero-order chi connectivity index (χ0) is 13.9. The van der Waals surface area contributed by atoms with Crippen molar-refractivity contribution in [3.63, 3.8) is 0 Å². The highest BCUT2D eigenvalue weighted by molar-refractivity contribution is 5.60. The third-order valence-electron chi connectivity index (χ3n) is 4.62. The molecule has 1 saturated heterocycles. The number of hydrogen-bond donors (Lipinski definition) is 0. The molecule has 1 aliphatic carbocycles. The Kier molecular flexibility index (Phi) is 4.16. The van der Waals surface area contributed by atoms with Gasteiger partial charge in [-0.1, -0.05) is 13.0 Å². The number of anilines is 1.